The maximum Gasteiger partial charge on any atom is 0.271 e. The van der Waals surface area contributed by atoms with Crippen LogP contribution in [0.5, 0.6) is 0 Å². The first-order valence-electron chi connectivity index (χ1n) is 6.96. The van der Waals surface area contributed by atoms with Gasteiger partial charge in [0.1, 0.15) is 4.70 Å². The Morgan fingerprint density at radius 3 is 3.05 bits per heavy atom. The highest BCUT2D eigenvalue weighted by molar-refractivity contribution is 7.17. The molecule has 19 heavy (non-hydrogen) atoms. The Morgan fingerprint density at radius 2 is 2.21 bits per heavy atom. The zero-order chi connectivity index (χ0) is 13.5. The van der Waals surface area contributed by atoms with Crippen LogP contribution in [0.1, 0.15) is 32.6 Å². The van der Waals surface area contributed by atoms with E-state index in [0.717, 1.165) is 23.3 Å². The minimum atomic E-state index is 0.0767. The zero-order valence-electron chi connectivity index (χ0n) is 11.4. The minimum absolute atomic E-state index is 0.0767. The minimum Gasteiger partial charge on any atom is -0.315 e. The van der Waals surface area contributed by atoms with E-state index in [1.54, 1.807) is 10.9 Å². The Bertz CT molecular complexity index is 561. The van der Waals surface area contributed by atoms with E-state index in [1.807, 2.05) is 11.4 Å². The molecular weight excluding hydrogens is 258 g/mol. The SMILES string of the molecule is CCCCCCNCCn1cnc2ccsc2c1=O. The summed E-state index contributed by atoms with van der Waals surface area (Å²) in [6, 6.07) is 1.89. The molecule has 104 valence electrons. The Morgan fingerprint density at radius 1 is 1.32 bits per heavy atom. The maximum absolute atomic E-state index is 12.1. The Balaban J connectivity index is 1.78. The van der Waals surface area contributed by atoms with Crippen molar-refractivity contribution in [2.75, 3.05) is 13.1 Å². The van der Waals surface area contributed by atoms with Gasteiger partial charge in [0.2, 0.25) is 0 Å². The first kappa shape index (κ1) is 14.2. The van der Waals surface area contributed by atoms with Crippen LogP contribution in [0.2, 0.25) is 0 Å². The summed E-state index contributed by atoms with van der Waals surface area (Å²) >= 11 is 1.46. The molecule has 2 aromatic heterocycles. The summed E-state index contributed by atoms with van der Waals surface area (Å²) in [6.45, 7) is 4.76. The lowest BCUT2D eigenvalue weighted by molar-refractivity contribution is 0.553. The van der Waals surface area contributed by atoms with E-state index < -0.39 is 0 Å². The van der Waals surface area contributed by atoms with Crippen molar-refractivity contribution >= 4 is 21.6 Å². The number of unbranched alkanes of at least 4 members (excludes halogenated alkanes) is 3. The first-order valence-corrected chi connectivity index (χ1v) is 7.84. The van der Waals surface area contributed by atoms with Crippen LogP contribution in [-0.2, 0) is 6.54 Å². The summed E-state index contributed by atoms with van der Waals surface area (Å²) in [6.07, 6.45) is 6.72. The molecule has 5 heteroatoms. The third kappa shape index (κ3) is 3.88. The lowest BCUT2D eigenvalue weighted by Gasteiger charge is -2.06. The maximum atomic E-state index is 12.1. The molecule has 2 heterocycles. The average Bonchev–Trinajstić information content (AvgIpc) is 2.89. The molecule has 2 rings (SSSR count). The van der Waals surface area contributed by atoms with E-state index in [0.29, 0.717) is 6.54 Å². The Kier molecular flexibility index (Phi) is 5.54. The van der Waals surface area contributed by atoms with Gasteiger partial charge in [-0.15, -0.1) is 11.3 Å². The summed E-state index contributed by atoms with van der Waals surface area (Å²) in [5.74, 6) is 0. The fourth-order valence-electron chi connectivity index (χ4n) is 2.04. The molecule has 1 N–H and O–H groups in total. The summed E-state index contributed by atoms with van der Waals surface area (Å²) < 4.78 is 2.45. The molecule has 0 saturated carbocycles. The molecule has 0 radical (unpaired) electrons. The van der Waals surface area contributed by atoms with Crippen LogP contribution in [0.4, 0.5) is 0 Å². The number of hydrogen-bond acceptors (Lipinski definition) is 4. The van der Waals surface area contributed by atoms with Crippen LogP contribution in [0, 0.1) is 0 Å². The van der Waals surface area contributed by atoms with E-state index in [-0.39, 0.29) is 5.56 Å². The van der Waals surface area contributed by atoms with Crippen LogP contribution >= 0.6 is 11.3 Å². The molecule has 0 spiro atoms. The van der Waals surface area contributed by atoms with Gasteiger partial charge in [-0.25, -0.2) is 4.98 Å². The van der Waals surface area contributed by atoms with Gasteiger partial charge in [0, 0.05) is 13.1 Å². The van der Waals surface area contributed by atoms with Crippen LogP contribution in [-0.4, -0.2) is 22.6 Å². The van der Waals surface area contributed by atoms with E-state index in [4.69, 9.17) is 0 Å². The average molecular weight is 279 g/mol. The van der Waals surface area contributed by atoms with Crippen LogP contribution < -0.4 is 10.9 Å². The lowest BCUT2D eigenvalue weighted by atomic mass is 10.2. The number of nitrogens with one attached hydrogen (secondary N) is 1. The smallest absolute Gasteiger partial charge is 0.271 e. The topological polar surface area (TPSA) is 46.9 Å². The van der Waals surface area contributed by atoms with Crippen molar-refractivity contribution in [2.24, 2.45) is 0 Å². The van der Waals surface area contributed by atoms with E-state index in [1.165, 1.54) is 37.0 Å². The number of nitrogens with zero attached hydrogens (tertiary/aromatic N) is 2. The monoisotopic (exact) mass is 279 g/mol. The number of thiophene rings is 1. The number of aromatic nitrogens is 2. The Hall–Kier alpha value is -1.20. The molecule has 0 bridgehead atoms. The fourth-order valence-corrected chi connectivity index (χ4v) is 2.83. The summed E-state index contributed by atoms with van der Waals surface area (Å²) in [7, 11) is 0. The molecule has 0 aliphatic carbocycles. The molecule has 2 aromatic rings. The van der Waals surface area contributed by atoms with Crippen molar-refractivity contribution < 1.29 is 0 Å². The van der Waals surface area contributed by atoms with Gasteiger partial charge in [0.25, 0.3) is 5.56 Å². The van der Waals surface area contributed by atoms with Gasteiger partial charge in [-0.05, 0) is 24.4 Å². The standard InChI is InChI=1S/C14H21N3OS/c1-2-3-4-5-7-15-8-9-17-11-16-12-6-10-19-13(12)14(17)18/h6,10-11,15H,2-5,7-9H2,1H3. The van der Waals surface area contributed by atoms with Gasteiger partial charge in [-0.1, -0.05) is 26.2 Å². The molecule has 0 aliphatic heterocycles. The van der Waals surface area contributed by atoms with Crippen molar-refractivity contribution in [3.05, 3.63) is 28.1 Å². The van der Waals surface area contributed by atoms with E-state index >= 15 is 0 Å². The van der Waals surface area contributed by atoms with Gasteiger partial charge in [-0.2, -0.15) is 0 Å². The second-order valence-corrected chi connectivity index (χ2v) is 5.60. The molecule has 0 amide bonds. The molecule has 4 nitrogen and oxygen atoms in total. The third-order valence-electron chi connectivity index (χ3n) is 3.17. The van der Waals surface area contributed by atoms with Gasteiger partial charge in [0.05, 0.1) is 11.8 Å². The third-order valence-corrected chi connectivity index (χ3v) is 4.06. The molecule has 0 fully saturated rings. The highest BCUT2D eigenvalue weighted by atomic mass is 32.1. The summed E-state index contributed by atoms with van der Waals surface area (Å²) in [4.78, 5) is 16.4. The quantitative estimate of drug-likeness (QED) is 0.756. The van der Waals surface area contributed by atoms with Crippen molar-refractivity contribution in [3.63, 3.8) is 0 Å². The van der Waals surface area contributed by atoms with Gasteiger partial charge in [-0.3, -0.25) is 9.36 Å². The van der Waals surface area contributed by atoms with Crippen molar-refractivity contribution in [2.45, 2.75) is 39.2 Å². The number of fused-ring (bicyclic) bond motifs is 1. The molecular formula is C14H21N3OS. The molecule has 0 atom stereocenters. The highest BCUT2D eigenvalue weighted by Crippen LogP contribution is 2.12. The van der Waals surface area contributed by atoms with Gasteiger partial charge >= 0.3 is 0 Å². The molecule has 0 aliphatic rings. The van der Waals surface area contributed by atoms with Crippen molar-refractivity contribution in [1.82, 2.24) is 14.9 Å². The molecule has 0 saturated heterocycles. The normalized spacial score (nSPS) is 11.2. The zero-order valence-corrected chi connectivity index (χ0v) is 12.2. The van der Waals surface area contributed by atoms with Gasteiger partial charge < -0.3 is 5.32 Å². The lowest BCUT2D eigenvalue weighted by Crippen LogP contribution is -2.27. The van der Waals surface area contributed by atoms with Crippen molar-refractivity contribution in [1.29, 1.82) is 0 Å². The molecule has 0 aromatic carbocycles. The van der Waals surface area contributed by atoms with E-state index in [9.17, 15) is 4.79 Å². The van der Waals surface area contributed by atoms with Crippen molar-refractivity contribution in [3.8, 4) is 0 Å². The van der Waals surface area contributed by atoms with Crippen LogP contribution in [0.25, 0.3) is 10.2 Å². The van der Waals surface area contributed by atoms with Crippen LogP contribution in [0.3, 0.4) is 0 Å². The highest BCUT2D eigenvalue weighted by Gasteiger charge is 2.04. The number of hydrogen-bond donors (Lipinski definition) is 1. The summed E-state index contributed by atoms with van der Waals surface area (Å²) in [5, 5.41) is 5.29. The van der Waals surface area contributed by atoms with Gasteiger partial charge in [0.15, 0.2) is 0 Å². The summed E-state index contributed by atoms with van der Waals surface area (Å²) in [5.41, 5.74) is 0.881. The van der Waals surface area contributed by atoms with Crippen LogP contribution in [0.15, 0.2) is 22.6 Å². The Labute approximate surface area is 117 Å². The largest absolute Gasteiger partial charge is 0.315 e. The predicted molar refractivity (Wildman–Crippen MR) is 80.9 cm³/mol. The van der Waals surface area contributed by atoms with E-state index in [2.05, 4.69) is 17.2 Å². The molecule has 0 unspecified atom stereocenters. The predicted octanol–water partition coefficient (Wildman–Crippen LogP) is 2.63. The fraction of sp³-hybridized carbons (Fsp3) is 0.571. The second-order valence-electron chi connectivity index (χ2n) is 4.69. The number of rotatable bonds is 8. The second kappa shape index (κ2) is 7.40. The first-order chi connectivity index (χ1) is 9.33.